The SMILES string of the molecule is CC.CCC(C)(F)c1cc(NC(=O)N(CCNC2CC2)c2ccc(-c3cccc(C#N)c3)cc2)ccc1F. The number of benzene rings is 3. The average molecular weight is 519 g/mol. The van der Waals surface area contributed by atoms with Crippen LogP contribution >= 0.6 is 0 Å². The number of nitrogens with one attached hydrogen (secondary N) is 2. The molecule has 1 fully saturated rings. The van der Waals surface area contributed by atoms with E-state index in [2.05, 4.69) is 16.7 Å². The van der Waals surface area contributed by atoms with Crippen LogP contribution in [0.5, 0.6) is 0 Å². The minimum absolute atomic E-state index is 0.0753. The van der Waals surface area contributed by atoms with Gasteiger partial charge in [0.05, 0.1) is 11.6 Å². The molecule has 2 amide bonds. The molecule has 1 saturated carbocycles. The van der Waals surface area contributed by atoms with E-state index >= 15 is 0 Å². The number of anilines is 2. The summed E-state index contributed by atoms with van der Waals surface area (Å²) in [6, 6.07) is 21.1. The molecule has 200 valence electrons. The topological polar surface area (TPSA) is 68.2 Å². The second kappa shape index (κ2) is 13.2. The molecule has 38 heavy (non-hydrogen) atoms. The van der Waals surface area contributed by atoms with Crippen molar-refractivity contribution in [2.45, 2.75) is 58.7 Å². The maximum atomic E-state index is 14.8. The van der Waals surface area contributed by atoms with Crippen LogP contribution in [0, 0.1) is 17.1 Å². The predicted molar refractivity (Wildman–Crippen MR) is 150 cm³/mol. The van der Waals surface area contributed by atoms with Gasteiger partial charge < -0.3 is 10.6 Å². The van der Waals surface area contributed by atoms with Gasteiger partial charge in [0.1, 0.15) is 11.5 Å². The van der Waals surface area contributed by atoms with Gasteiger partial charge in [-0.15, -0.1) is 0 Å². The fourth-order valence-electron chi connectivity index (χ4n) is 4.00. The van der Waals surface area contributed by atoms with Crippen molar-refractivity contribution in [1.82, 2.24) is 5.32 Å². The zero-order valence-corrected chi connectivity index (χ0v) is 22.5. The monoisotopic (exact) mass is 518 g/mol. The molecule has 2 N–H and O–H groups in total. The summed E-state index contributed by atoms with van der Waals surface area (Å²) in [6.07, 6.45) is 2.39. The number of carbonyl (C=O) groups excluding carboxylic acids is 1. The van der Waals surface area contributed by atoms with E-state index in [0.717, 1.165) is 24.0 Å². The Balaban J connectivity index is 0.00000195. The van der Waals surface area contributed by atoms with Gasteiger partial charge in [-0.25, -0.2) is 13.6 Å². The van der Waals surface area contributed by atoms with E-state index in [9.17, 15) is 18.8 Å². The first-order valence-corrected chi connectivity index (χ1v) is 13.2. The molecule has 1 aliphatic carbocycles. The number of urea groups is 1. The number of hydrogen-bond donors (Lipinski definition) is 2. The second-order valence-corrected chi connectivity index (χ2v) is 9.30. The van der Waals surface area contributed by atoms with Crippen LogP contribution in [0.3, 0.4) is 0 Å². The molecule has 4 rings (SSSR count). The summed E-state index contributed by atoms with van der Waals surface area (Å²) < 4.78 is 29.1. The number of hydrogen-bond acceptors (Lipinski definition) is 3. The van der Waals surface area contributed by atoms with Crippen molar-refractivity contribution >= 4 is 17.4 Å². The molecular formula is C31H36F2N4O. The van der Waals surface area contributed by atoms with Gasteiger partial charge in [0.2, 0.25) is 0 Å². The van der Waals surface area contributed by atoms with Gasteiger partial charge in [0.25, 0.3) is 0 Å². The largest absolute Gasteiger partial charge is 0.326 e. The van der Waals surface area contributed by atoms with Gasteiger partial charge in [-0.1, -0.05) is 45.0 Å². The smallest absolute Gasteiger partial charge is 0.312 e. The lowest BCUT2D eigenvalue weighted by atomic mass is 9.94. The Kier molecular flexibility index (Phi) is 9.98. The first kappa shape index (κ1) is 28.8. The molecule has 3 aromatic rings. The van der Waals surface area contributed by atoms with Gasteiger partial charge in [-0.2, -0.15) is 5.26 Å². The molecule has 0 aromatic heterocycles. The third-order valence-corrected chi connectivity index (χ3v) is 6.54. The summed E-state index contributed by atoms with van der Waals surface area (Å²) in [5.74, 6) is -0.638. The van der Waals surface area contributed by atoms with Gasteiger partial charge in [-0.05, 0) is 79.8 Å². The van der Waals surface area contributed by atoms with Crippen LogP contribution < -0.4 is 15.5 Å². The van der Waals surface area contributed by atoms with Crippen molar-refractivity contribution in [2.75, 3.05) is 23.3 Å². The van der Waals surface area contributed by atoms with Crippen LogP contribution in [0.2, 0.25) is 0 Å². The molecule has 5 nitrogen and oxygen atoms in total. The standard InChI is InChI=1S/C29H30F2N4O.C2H6/c1-3-29(2,31)26-18-24(11-14-27(26)30)34-28(36)35(16-15-33-23-9-10-23)25-12-7-21(8-13-25)22-6-4-5-20(17-22)19-32;1-2/h4-8,11-14,17-18,23,33H,3,9-10,15-16H2,1-2H3,(H,34,36);1-2H3. The summed E-state index contributed by atoms with van der Waals surface area (Å²) >= 11 is 0. The highest BCUT2D eigenvalue weighted by molar-refractivity contribution is 6.02. The Labute approximate surface area is 224 Å². The maximum Gasteiger partial charge on any atom is 0.326 e. The zero-order chi connectivity index (χ0) is 27.7. The first-order valence-electron chi connectivity index (χ1n) is 13.2. The minimum Gasteiger partial charge on any atom is -0.312 e. The number of rotatable bonds is 9. The Morgan fingerprint density at radius 2 is 1.79 bits per heavy atom. The van der Waals surface area contributed by atoms with Crippen LogP contribution in [0.15, 0.2) is 66.7 Å². The Hall–Kier alpha value is -3.76. The number of alkyl halides is 1. The van der Waals surface area contributed by atoms with Gasteiger partial charge in [-0.3, -0.25) is 4.90 Å². The van der Waals surface area contributed by atoms with E-state index in [-0.39, 0.29) is 18.0 Å². The van der Waals surface area contributed by atoms with Gasteiger partial charge >= 0.3 is 6.03 Å². The fraction of sp³-hybridized carbons (Fsp3) is 0.355. The van der Waals surface area contributed by atoms with Crippen LogP contribution in [0.25, 0.3) is 11.1 Å². The minimum atomic E-state index is -1.84. The fourth-order valence-corrected chi connectivity index (χ4v) is 4.00. The van der Waals surface area contributed by atoms with Crippen molar-refractivity contribution in [2.24, 2.45) is 0 Å². The lowest BCUT2D eigenvalue weighted by molar-refractivity contribution is 0.179. The summed E-state index contributed by atoms with van der Waals surface area (Å²) in [5.41, 5.74) is 1.53. The highest BCUT2D eigenvalue weighted by Gasteiger charge is 2.28. The lowest BCUT2D eigenvalue weighted by Crippen LogP contribution is -2.40. The van der Waals surface area contributed by atoms with E-state index in [1.807, 2.05) is 56.3 Å². The highest BCUT2D eigenvalue weighted by atomic mass is 19.1. The Morgan fingerprint density at radius 1 is 1.08 bits per heavy atom. The van der Waals surface area contributed by atoms with E-state index in [1.165, 1.54) is 25.1 Å². The molecule has 7 heteroatoms. The molecule has 0 saturated heterocycles. The van der Waals surface area contributed by atoms with Crippen molar-refractivity contribution < 1.29 is 13.6 Å². The second-order valence-electron chi connectivity index (χ2n) is 9.30. The van der Waals surface area contributed by atoms with Gasteiger partial charge in [0.15, 0.2) is 0 Å². The molecule has 0 radical (unpaired) electrons. The van der Waals surface area contributed by atoms with Crippen LogP contribution in [-0.2, 0) is 5.67 Å². The predicted octanol–water partition coefficient (Wildman–Crippen LogP) is 7.78. The normalized spacial score (nSPS) is 13.9. The van der Waals surface area contributed by atoms with Crippen LogP contribution in [0.1, 0.15) is 58.1 Å². The van der Waals surface area contributed by atoms with E-state index < -0.39 is 11.5 Å². The lowest BCUT2D eigenvalue weighted by Gasteiger charge is -2.25. The number of carbonyl (C=O) groups is 1. The molecular weight excluding hydrogens is 482 g/mol. The Morgan fingerprint density at radius 3 is 2.42 bits per heavy atom. The molecule has 0 spiro atoms. The summed E-state index contributed by atoms with van der Waals surface area (Å²) in [6.45, 7) is 8.03. The number of amides is 2. The third-order valence-electron chi connectivity index (χ3n) is 6.54. The zero-order valence-electron chi connectivity index (χ0n) is 22.5. The number of nitrogens with zero attached hydrogens (tertiary/aromatic N) is 2. The summed E-state index contributed by atoms with van der Waals surface area (Å²) in [7, 11) is 0. The molecule has 0 heterocycles. The quantitative estimate of drug-likeness (QED) is 0.304. The summed E-state index contributed by atoms with van der Waals surface area (Å²) in [4.78, 5) is 14.9. The summed E-state index contributed by atoms with van der Waals surface area (Å²) in [5, 5.41) is 15.4. The van der Waals surface area contributed by atoms with Crippen LogP contribution in [-0.4, -0.2) is 25.2 Å². The van der Waals surface area contributed by atoms with Crippen molar-refractivity contribution in [3.05, 3.63) is 83.7 Å². The van der Waals surface area contributed by atoms with Crippen LogP contribution in [0.4, 0.5) is 25.0 Å². The van der Waals surface area contributed by atoms with Crippen molar-refractivity contribution in [3.63, 3.8) is 0 Å². The Bertz CT molecular complexity index is 1260. The number of halogens is 2. The van der Waals surface area contributed by atoms with Crippen molar-refractivity contribution in [1.29, 1.82) is 5.26 Å². The number of nitriles is 1. The third kappa shape index (κ3) is 7.39. The molecule has 1 atom stereocenters. The average Bonchev–Trinajstić information content (AvgIpc) is 3.78. The van der Waals surface area contributed by atoms with E-state index in [1.54, 1.807) is 17.9 Å². The maximum absolute atomic E-state index is 14.8. The molecule has 0 bridgehead atoms. The highest BCUT2D eigenvalue weighted by Crippen LogP contribution is 2.33. The van der Waals surface area contributed by atoms with Crippen molar-refractivity contribution in [3.8, 4) is 17.2 Å². The first-order chi connectivity index (χ1) is 18.3. The van der Waals surface area contributed by atoms with E-state index in [4.69, 9.17) is 0 Å². The van der Waals surface area contributed by atoms with Gasteiger partial charge in [0, 0.05) is 36.1 Å². The molecule has 3 aromatic carbocycles. The van der Waals surface area contributed by atoms with E-state index in [0.29, 0.717) is 36.1 Å². The molecule has 1 aliphatic rings. The molecule has 1 unspecified atom stereocenters. The molecule has 0 aliphatic heterocycles.